The fourth-order valence-electron chi connectivity index (χ4n) is 1.50. The predicted octanol–water partition coefficient (Wildman–Crippen LogP) is 0.303. The van der Waals surface area contributed by atoms with E-state index < -0.39 is 6.10 Å². The summed E-state index contributed by atoms with van der Waals surface area (Å²) in [5, 5.41) is 5.29. The van der Waals surface area contributed by atoms with Crippen molar-refractivity contribution in [2.75, 3.05) is 17.2 Å². The lowest BCUT2D eigenvalue weighted by atomic mass is 10.2. The minimum atomic E-state index is -0.507. The van der Waals surface area contributed by atoms with Gasteiger partial charge >= 0.3 is 0 Å². The molecule has 4 N–H and O–H groups in total. The minimum absolute atomic E-state index is 0.0863. The van der Waals surface area contributed by atoms with Gasteiger partial charge in [0.25, 0.3) is 5.91 Å². The molecule has 0 saturated carbocycles. The van der Waals surface area contributed by atoms with Crippen molar-refractivity contribution < 1.29 is 14.3 Å². The summed E-state index contributed by atoms with van der Waals surface area (Å²) in [7, 11) is 0. The van der Waals surface area contributed by atoms with Crippen molar-refractivity contribution in [1.29, 1.82) is 0 Å². The number of rotatable bonds is 2. The smallest absolute Gasteiger partial charge is 0.265 e. The Morgan fingerprint density at radius 1 is 1.59 bits per heavy atom. The Labute approximate surface area is 98.1 Å². The summed E-state index contributed by atoms with van der Waals surface area (Å²) >= 11 is 0. The lowest BCUT2D eigenvalue weighted by Gasteiger charge is -2.23. The molecule has 0 bridgehead atoms. The highest BCUT2D eigenvalue weighted by Gasteiger charge is 2.23. The van der Waals surface area contributed by atoms with Gasteiger partial charge in [-0.1, -0.05) is 0 Å². The largest absolute Gasteiger partial charge is 0.479 e. The van der Waals surface area contributed by atoms with Crippen molar-refractivity contribution in [2.24, 2.45) is 5.73 Å². The van der Waals surface area contributed by atoms with E-state index in [1.165, 1.54) is 0 Å². The van der Waals surface area contributed by atoms with E-state index in [2.05, 4.69) is 10.6 Å². The first-order valence-corrected chi connectivity index (χ1v) is 5.21. The van der Waals surface area contributed by atoms with E-state index in [9.17, 15) is 9.59 Å². The van der Waals surface area contributed by atoms with Crippen LogP contribution < -0.4 is 21.1 Å². The van der Waals surface area contributed by atoms with Gasteiger partial charge in [0.1, 0.15) is 5.75 Å². The Kier molecular flexibility index (Phi) is 2.97. The second-order valence-corrected chi connectivity index (χ2v) is 3.71. The lowest BCUT2D eigenvalue weighted by Crippen LogP contribution is -2.34. The number of nitrogens with one attached hydrogen (secondary N) is 2. The molecule has 1 aromatic carbocycles. The van der Waals surface area contributed by atoms with E-state index in [4.69, 9.17) is 10.5 Å². The van der Waals surface area contributed by atoms with Crippen LogP contribution in [0.2, 0.25) is 0 Å². The summed E-state index contributed by atoms with van der Waals surface area (Å²) in [6.07, 6.45) is -0.507. The molecule has 1 aromatic rings. The number of carbonyl (C=O) groups excluding carboxylic acids is 2. The van der Waals surface area contributed by atoms with Crippen LogP contribution in [0.3, 0.4) is 0 Å². The van der Waals surface area contributed by atoms with Gasteiger partial charge in [0.15, 0.2) is 6.10 Å². The second-order valence-electron chi connectivity index (χ2n) is 3.71. The average Bonchev–Trinajstić information content (AvgIpc) is 2.31. The second kappa shape index (κ2) is 4.42. The van der Waals surface area contributed by atoms with Crippen LogP contribution in [0.4, 0.5) is 11.4 Å². The zero-order valence-electron chi connectivity index (χ0n) is 9.32. The van der Waals surface area contributed by atoms with Crippen molar-refractivity contribution in [2.45, 2.75) is 13.0 Å². The normalized spacial score (nSPS) is 17.8. The highest BCUT2D eigenvalue weighted by Crippen LogP contribution is 2.31. The predicted molar refractivity (Wildman–Crippen MR) is 62.8 cm³/mol. The zero-order valence-corrected chi connectivity index (χ0v) is 9.32. The van der Waals surface area contributed by atoms with Gasteiger partial charge in [-0.25, -0.2) is 0 Å². The third-order valence-corrected chi connectivity index (χ3v) is 2.38. The molecule has 1 atom stereocenters. The van der Waals surface area contributed by atoms with Crippen LogP contribution in [0, 0.1) is 0 Å². The first-order chi connectivity index (χ1) is 8.10. The molecule has 0 saturated heterocycles. The van der Waals surface area contributed by atoms with Crippen LogP contribution in [0.5, 0.6) is 5.75 Å². The van der Waals surface area contributed by atoms with E-state index in [1.807, 2.05) is 0 Å². The number of hydrogen-bond acceptors (Lipinski definition) is 4. The SMILES string of the molecule is CC1Oc2ccc(NC(=O)CN)cc2NC1=O. The number of carbonyl (C=O) groups is 2. The molecule has 90 valence electrons. The summed E-state index contributed by atoms with van der Waals surface area (Å²) < 4.78 is 5.38. The van der Waals surface area contributed by atoms with E-state index in [1.54, 1.807) is 25.1 Å². The molecule has 1 aliphatic heterocycles. The van der Waals surface area contributed by atoms with Crippen LogP contribution in [-0.2, 0) is 9.59 Å². The summed E-state index contributed by atoms with van der Waals surface area (Å²) in [6, 6.07) is 5.01. The molecule has 0 aliphatic carbocycles. The molecule has 6 nitrogen and oxygen atoms in total. The van der Waals surface area contributed by atoms with Crippen LogP contribution in [-0.4, -0.2) is 24.5 Å². The highest BCUT2D eigenvalue weighted by atomic mass is 16.5. The number of nitrogens with two attached hydrogens (primary N) is 1. The van der Waals surface area contributed by atoms with Gasteiger partial charge in [-0.05, 0) is 25.1 Å². The summed E-state index contributed by atoms with van der Waals surface area (Å²) in [5.74, 6) is 0.0871. The first kappa shape index (κ1) is 11.4. The van der Waals surface area contributed by atoms with Gasteiger partial charge in [0, 0.05) is 5.69 Å². The third-order valence-electron chi connectivity index (χ3n) is 2.38. The Morgan fingerprint density at radius 3 is 3.06 bits per heavy atom. The molecule has 17 heavy (non-hydrogen) atoms. The van der Waals surface area contributed by atoms with E-state index in [-0.39, 0.29) is 18.4 Å². The Bertz CT molecular complexity index is 473. The molecule has 0 fully saturated rings. The van der Waals surface area contributed by atoms with E-state index >= 15 is 0 Å². The van der Waals surface area contributed by atoms with E-state index in [0.717, 1.165) is 0 Å². The molecule has 1 aliphatic rings. The molecule has 0 aromatic heterocycles. The molecule has 2 amide bonds. The van der Waals surface area contributed by atoms with Crippen LogP contribution >= 0.6 is 0 Å². The van der Waals surface area contributed by atoms with E-state index in [0.29, 0.717) is 17.1 Å². The maximum absolute atomic E-state index is 11.4. The molecule has 0 spiro atoms. The molecular weight excluding hydrogens is 222 g/mol. The average molecular weight is 235 g/mol. The summed E-state index contributed by atoms with van der Waals surface area (Å²) in [4.78, 5) is 22.5. The molecular formula is C11H13N3O3. The number of benzene rings is 1. The van der Waals surface area contributed by atoms with Gasteiger partial charge in [-0.2, -0.15) is 0 Å². The lowest BCUT2D eigenvalue weighted by molar-refractivity contribution is -0.122. The molecule has 2 rings (SSSR count). The fourth-order valence-corrected chi connectivity index (χ4v) is 1.50. The van der Waals surface area contributed by atoms with Gasteiger partial charge in [0.05, 0.1) is 12.2 Å². The molecule has 6 heteroatoms. The van der Waals surface area contributed by atoms with Crippen molar-refractivity contribution in [3.8, 4) is 5.75 Å². The first-order valence-electron chi connectivity index (χ1n) is 5.21. The number of fused-ring (bicyclic) bond motifs is 1. The van der Waals surface area contributed by atoms with Crippen molar-refractivity contribution in [1.82, 2.24) is 0 Å². The maximum atomic E-state index is 11.4. The van der Waals surface area contributed by atoms with Crippen molar-refractivity contribution in [3.05, 3.63) is 18.2 Å². The number of ether oxygens (including phenoxy) is 1. The highest BCUT2D eigenvalue weighted by molar-refractivity contribution is 5.99. The van der Waals surface area contributed by atoms with Gasteiger partial charge in [-0.3, -0.25) is 9.59 Å². The standard InChI is InChI=1S/C11H13N3O3/c1-6-11(16)14-8-4-7(13-10(15)5-12)2-3-9(8)17-6/h2-4,6H,5,12H2,1H3,(H,13,15)(H,14,16). The zero-order chi connectivity index (χ0) is 12.4. The minimum Gasteiger partial charge on any atom is -0.479 e. The van der Waals surface area contributed by atoms with Crippen LogP contribution in [0.25, 0.3) is 0 Å². The fraction of sp³-hybridized carbons (Fsp3) is 0.273. The van der Waals surface area contributed by atoms with Gasteiger partial charge < -0.3 is 21.1 Å². The molecule has 1 heterocycles. The molecule has 1 unspecified atom stereocenters. The third kappa shape index (κ3) is 2.36. The Morgan fingerprint density at radius 2 is 2.35 bits per heavy atom. The van der Waals surface area contributed by atoms with Crippen LogP contribution in [0.15, 0.2) is 18.2 Å². The van der Waals surface area contributed by atoms with Crippen molar-refractivity contribution >= 4 is 23.2 Å². The number of hydrogen-bond donors (Lipinski definition) is 3. The van der Waals surface area contributed by atoms with Gasteiger partial charge in [0.2, 0.25) is 5.91 Å². The van der Waals surface area contributed by atoms with Gasteiger partial charge in [-0.15, -0.1) is 0 Å². The van der Waals surface area contributed by atoms with Crippen molar-refractivity contribution in [3.63, 3.8) is 0 Å². The topological polar surface area (TPSA) is 93.4 Å². The molecule has 0 radical (unpaired) electrons. The monoisotopic (exact) mass is 235 g/mol. The quantitative estimate of drug-likeness (QED) is 0.687. The number of anilines is 2. The summed E-state index contributed by atoms with van der Waals surface area (Å²) in [5.41, 5.74) is 6.30. The Balaban J connectivity index is 2.22. The Hall–Kier alpha value is -2.08. The number of amides is 2. The summed E-state index contributed by atoms with van der Waals surface area (Å²) in [6.45, 7) is 1.58. The maximum Gasteiger partial charge on any atom is 0.265 e. The van der Waals surface area contributed by atoms with Crippen LogP contribution in [0.1, 0.15) is 6.92 Å².